The molecule has 0 aromatic rings. The predicted molar refractivity (Wildman–Crippen MR) is 64.0 cm³/mol. The Morgan fingerprint density at radius 3 is 2.93 bits per heavy atom. The summed E-state index contributed by atoms with van der Waals surface area (Å²) in [5.74, 6) is 1.20. The summed E-state index contributed by atoms with van der Waals surface area (Å²) in [6.07, 6.45) is 3.75. The van der Waals surface area contributed by atoms with Crippen LogP contribution in [0.25, 0.3) is 0 Å². The maximum Gasteiger partial charge on any atom is 0.238 e. The molecule has 0 radical (unpaired) electrons. The quantitative estimate of drug-likeness (QED) is 0.722. The van der Waals surface area contributed by atoms with Crippen LogP contribution >= 0.6 is 11.8 Å². The zero-order valence-electron chi connectivity index (χ0n) is 9.24. The minimum absolute atomic E-state index is 0.0142. The van der Waals surface area contributed by atoms with Gasteiger partial charge in [-0.15, -0.1) is 18.3 Å². The Hall–Kier alpha value is -0.480. The molecular formula is C11H19NO2S. The number of thioether (sulfide) groups is 1. The number of hydrogen-bond donors (Lipinski definition) is 1. The largest absolute Gasteiger partial charge is 0.395 e. The molecule has 1 amide bonds. The number of aliphatic hydroxyl groups is 1. The van der Waals surface area contributed by atoms with E-state index in [1.165, 1.54) is 0 Å². The topological polar surface area (TPSA) is 40.5 Å². The SMILES string of the molecule is C=CCN(CCO)C(=O)C1(C)CCCS1. The van der Waals surface area contributed by atoms with Crippen LogP contribution in [0.2, 0.25) is 0 Å². The Morgan fingerprint density at radius 2 is 2.47 bits per heavy atom. The molecule has 1 unspecified atom stereocenters. The highest BCUT2D eigenvalue weighted by atomic mass is 32.2. The fourth-order valence-electron chi connectivity index (χ4n) is 1.83. The molecule has 4 heteroatoms. The Balaban J connectivity index is 2.65. The van der Waals surface area contributed by atoms with E-state index in [1.54, 1.807) is 22.7 Å². The number of nitrogens with zero attached hydrogens (tertiary/aromatic N) is 1. The van der Waals surface area contributed by atoms with E-state index in [0.717, 1.165) is 18.6 Å². The van der Waals surface area contributed by atoms with Crippen LogP contribution in [0, 0.1) is 0 Å². The van der Waals surface area contributed by atoms with Crippen LogP contribution in [0.5, 0.6) is 0 Å². The number of amides is 1. The molecule has 1 aliphatic rings. The van der Waals surface area contributed by atoms with E-state index < -0.39 is 0 Å². The van der Waals surface area contributed by atoms with Crippen molar-refractivity contribution in [3.8, 4) is 0 Å². The van der Waals surface area contributed by atoms with Crippen molar-refractivity contribution in [2.45, 2.75) is 24.5 Å². The summed E-state index contributed by atoms with van der Waals surface area (Å²) in [7, 11) is 0. The van der Waals surface area contributed by atoms with Gasteiger partial charge in [-0.05, 0) is 25.5 Å². The van der Waals surface area contributed by atoms with Crippen molar-refractivity contribution < 1.29 is 9.90 Å². The fourth-order valence-corrected chi connectivity index (χ4v) is 3.11. The lowest BCUT2D eigenvalue weighted by molar-refractivity contribution is -0.133. The molecule has 15 heavy (non-hydrogen) atoms. The van der Waals surface area contributed by atoms with Gasteiger partial charge in [-0.3, -0.25) is 4.79 Å². The zero-order valence-corrected chi connectivity index (χ0v) is 10.1. The third-order valence-corrected chi connectivity index (χ3v) is 4.19. The second-order valence-corrected chi connectivity index (χ2v) is 5.54. The van der Waals surface area contributed by atoms with E-state index in [9.17, 15) is 4.79 Å². The lowest BCUT2D eigenvalue weighted by atomic mass is 10.0. The van der Waals surface area contributed by atoms with E-state index >= 15 is 0 Å². The highest BCUT2D eigenvalue weighted by Gasteiger charge is 2.39. The van der Waals surface area contributed by atoms with E-state index in [2.05, 4.69) is 6.58 Å². The number of carbonyl (C=O) groups is 1. The molecule has 1 heterocycles. The number of carbonyl (C=O) groups excluding carboxylic acids is 1. The maximum atomic E-state index is 12.2. The molecule has 1 atom stereocenters. The Kier molecular flexibility index (Phi) is 4.67. The highest BCUT2D eigenvalue weighted by molar-refractivity contribution is 8.01. The molecule has 1 N–H and O–H groups in total. The third kappa shape index (κ3) is 2.98. The summed E-state index contributed by atoms with van der Waals surface area (Å²) >= 11 is 1.73. The molecule has 0 aliphatic carbocycles. The van der Waals surface area contributed by atoms with Gasteiger partial charge in [0.25, 0.3) is 0 Å². The van der Waals surface area contributed by atoms with Crippen LogP contribution in [0.3, 0.4) is 0 Å². The molecule has 0 saturated carbocycles. The molecule has 1 aliphatic heterocycles. The van der Waals surface area contributed by atoms with Crippen molar-refractivity contribution in [1.82, 2.24) is 4.90 Å². The van der Waals surface area contributed by atoms with Gasteiger partial charge in [-0.2, -0.15) is 0 Å². The van der Waals surface area contributed by atoms with Gasteiger partial charge in [0.05, 0.1) is 11.4 Å². The van der Waals surface area contributed by atoms with Crippen molar-refractivity contribution in [2.24, 2.45) is 0 Å². The normalized spacial score (nSPS) is 25.2. The standard InChI is InChI=1S/C11H19NO2S/c1-3-6-12(7-8-13)10(14)11(2)5-4-9-15-11/h3,13H,1,4-9H2,2H3. The van der Waals surface area contributed by atoms with Crippen LogP contribution in [-0.4, -0.2) is 46.1 Å². The van der Waals surface area contributed by atoms with Crippen molar-refractivity contribution in [2.75, 3.05) is 25.4 Å². The summed E-state index contributed by atoms with van der Waals surface area (Å²) in [5, 5.41) is 8.90. The van der Waals surface area contributed by atoms with E-state index in [-0.39, 0.29) is 17.3 Å². The first-order valence-electron chi connectivity index (χ1n) is 5.29. The maximum absolute atomic E-state index is 12.2. The highest BCUT2D eigenvalue weighted by Crippen LogP contribution is 2.39. The average molecular weight is 229 g/mol. The monoisotopic (exact) mass is 229 g/mol. The van der Waals surface area contributed by atoms with E-state index in [1.807, 2.05) is 6.92 Å². The zero-order chi connectivity index (χ0) is 11.3. The van der Waals surface area contributed by atoms with Crippen molar-refractivity contribution >= 4 is 17.7 Å². The summed E-state index contributed by atoms with van der Waals surface area (Å²) < 4.78 is -0.280. The molecule has 1 rings (SSSR count). The van der Waals surface area contributed by atoms with Gasteiger partial charge in [0.15, 0.2) is 0 Å². The molecule has 0 bridgehead atoms. The number of rotatable bonds is 5. The van der Waals surface area contributed by atoms with Crippen LogP contribution in [-0.2, 0) is 4.79 Å². The molecule has 1 saturated heterocycles. The first-order valence-corrected chi connectivity index (χ1v) is 6.27. The summed E-state index contributed by atoms with van der Waals surface area (Å²) in [6.45, 7) is 6.57. The molecule has 1 fully saturated rings. The summed E-state index contributed by atoms with van der Waals surface area (Å²) in [5.41, 5.74) is 0. The first kappa shape index (κ1) is 12.6. The van der Waals surface area contributed by atoms with Gasteiger partial charge >= 0.3 is 0 Å². The molecule has 86 valence electrons. The van der Waals surface area contributed by atoms with Gasteiger partial charge in [0, 0.05) is 13.1 Å². The molecule has 0 aromatic carbocycles. The number of aliphatic hydroxyl groups excluding tert-OH is 1. The van der Waals surface area contributed by atoms with Crippen molar-refractivity contribution in [3.63, 3.8) is 0 Å². The van der Waals surface area contributed by atoms with Crippen molar-refractivity contribution in [3.05, 3.63) is 12.7 Å². The van der Waals surface area contributed by atoms with E-state index in [0.29, 0.717) is 13.1 Å². The van der Waals surface area contributed by atoms with E-state index in [4.69, 9.17) is 5.11 Å². The fraction of sp³-hybridized carbons (Fsp3) is 0.727. The average Bonchev–Trinajstić information content (AvgIpc) is 2.65. The van der Waals surface area contributed by atoms with Crippen LogP contribution in [0.4, 0.5) is 0 Å². The van der Waals surface area contributed by atoms with Crippen molar-refractivity contribution in [1.29, 1.82) is 0 Å². The second-order valence-electron chi connectivity index (χ2n) is 3.95. The Morgan fingerprint density at radius 1 is 1.73 bits per heavy atom. The Bertz CT molecular complexity index is 237. The third-order valence-electron chi connectivity index (χ3n) is 2.68. The second kappa shape index (κ2) is 5.56. The van der Waals surface area contributed by atoms with Gasteiger partial charge < -0.3 is 10.0 Å². The first-order chi connectivity index (χ1) is 7.14. The Labute approximate surface area is 95.5 Å². The molecular weight excluding hydrogens is 210 g/mol. The number of hydrogen-bond acceptors (Lipinski definition) is 3. The minimum Gasteiger partial charge on any atom is -0.395 e. The minimum atomic E-state index is -0.280. The molecule has 0 aromatic heterocycles. The van der Waals surface area contributed by atoms with Crippen LogP contribution in [0.15, 0.2) is 12.7 Å². The van der Waals surface area contributed by atoms with Gasteiger partial charge in [0.1, 0.15) is 0 Å². The molecule has 0 spiro atoms. The van der Waals surface area contributed by atoms with Gasteiger partial charge in [-0.1, -0.05) is 6.08 Å². The van der Waals surface area contributed by atoms with Crippen LogP contribution in [0.1, 0.15) is 19.8 Å². The summed E-state index contributed by atoms with van der Waals surface area (Å²) in [6, 6.07) is 0. The smallest absolute Gasteiger partial charge is 0.238 e. The lowest BCUT2D eigenvalue weighted by Crippen LogP contribution is -2.45. The summed E-state index contributed by atoms with van der Waals surface area (Å²) in [4.78, 5) is 13.9. The van der Waals surface area contributed by atoms with Gasteiger partial charge in [0.2, 0.25) is 5.91 Å². The van der Waals surface area contributed by atoms with Gasteiger partial charge in [-0.25, -0.2) is 0 Å². The van der Waals surface area contributed by atoms with Crippen LogP contribution < -0.4 is 0 Å². The lowest BCUT2D eigenvalue weighted by Gasteiger charge is -2.29. The molecule has 3 nitrogen and oxygen atoms in total. The predicted octanol–water partition coefficient (Wildman–Crippen LogP) is 1.28.